The van der Waals surface area contributed by atoms with Crippen molar-refractivity contribution in [1.82, 2.24) is 10.3 Å². The molecule has 1 aromatic rings. The largest absolute Gasteiger partial charge is 0.312 e. The van der Waals surface area contributed by atoms with E-state index < -0.39 is 0 Å². The zero-order valence-electron chi connectivity index (χ0n) is 10.5. The second-order valence-electron chi connectivity index (χ2n) is 4.14. The van der Waals surface area contributed by atoms with Crippen LogP contribution in [-0.4, -0.2) is 12.0 Å². The summed E-state index contributed by atoms with van der Waals surface area (Å²) in [6.45, 7) is 3.70. The zero-order chi connectivity index (χ0) is 12.5. The topological polar surface area (TPSA) is 24.9 Å². The van der Waals surface area contributed by atoms with Gasteiger partial charge in [0.25, 0.3) is 0 Å². The number of allylic oxidation sites excluding steroid dienone is 1. The number of halogens is 1. The lowest BCUT2D eigenvalue weighted by Gasteiger charge is -2.15. The van der Waals surface area contributed by atoms with E-state index in [1.807, 2.05) is 13.1 Å². The fourth-order valence-electron chi connectivity index (χ4n) is 1.89. The second-order valence-corrected chi connectivity index (χ2v) is 4.14. The number of rotatable bonds is 8. The van der Waals surface area contributed by atoms with E-state index in [9.17, 15) is 4.39 Å². The first kappa shape index (κ1) is 13.8. The first-order valence-electron chi connectivity index (χ1n) is 6.18. The Hall–Kier alpha value is -1.22. The van der Waals surface area contributed by atoms with Crippen LogP contribution < -0.4 is 5.32 Å². The Bertz CT molecular complexity index is 339. The number of hydrogen-bond acceptors (Lipinski definition) is 2. The molecular formula is C14H21FN2. The summed E-state index contributed by atoms with van der Waals surface area (Å²) < 4.78 is 13.5. The third-order valence-corrected chi connectivity index (χ3v) is 2.87. The van der Waals surface area contributed by atoms with Crippen LogP contribution in [0.5, 0.6) is 0 Å². The molecule has 0 radical (unpaired) electrons. The highest BCUT2D eigenvalue weighted by Crippen LogP contribution is 2.20. The van der Waals surface area contributed by atoms with Gasteiger partial charge in [0, 0.05) is 6.20 Å². The van der Waals surface area contributed by atoms with Crippen LogP contribution in [0.1, 0.15) is 43.8 Å². The van der Waals surface area contributed by atoms with Crippen LogP contribution >= 0.6 is 0 Å². The van der Waals surface area contributed by atoms with E-state index in [1.165, 1.54) is 6.07 Å². The smallest absolute Gasteiger partial charge is 0.146 e. The van der Waals surface area contributed by atoms with Crippen LogP contribution in [0.15, 0.2) is 31.0 Å². The summed E-state index contributed by atoms with van der Waals surface area (Å²) in [6, 6.07) is 3.10. The zero-order valence-corrected chi connectivity index (χ0v) is 10.5. The van der Waals surface area contributed by atoms with Gasteiger partial charge < -0.3 is 5.32 Å². The summed E-state index contributed by atoms with van der Waals surface area (Å²) >= 11 is 0. The molecule has 0 fully saturated rings. The molecule has 3 heteroatoms. The van der Waals surface area contributed by atoms with Gasteiger partial charge in [-0.25, -0.2) is 4.39 Å². The molecule has 0 aliphatic carbocycles. The normalized spacial score (nSPS) is 12.4. The Labute approximate surface area is 103 Å². The van der Waals surface area contributed by atoms with Crippen molar-refractivity contribution in [3.05, 3.63) is 42.5 Å². The molecule has 1 atom stereocenters. The lowest BCUT2D eigenvalue weighted by atomic mass is 10.0. The molecule has 0 aliphatic heterocycles. The predicted octanol–water partition coefficient (Wildman–Crippen LogP) is 3.62. The molecule has 0 saturated heterocycles. The van der Waals surface area contributed by atoms with Gasteiger partial charge in [0.05, 0.1) is 11.7 Å². The minimum Gasteiger partial charge on any atom is -0.312 e. The number of hydrogen-bond donors (Lipinski definition) is 1. The van der Waals surface area contributed by atoms with E-state index in [0.29, 0.717) is 5.69 Å². The van der Waals surface area contributed by atoms with Crippen molar-refractivity contribution in [3.8, 4) is 0 Å². The van der Waals surface area contributed by atoms with Crippen LogP contribution in [-0.2, 0) is 0 Å². The highest BCUT2D eigenvalue weighted by Gasteiger charge is 2.14. The van der Waals surface area contributed by atoms with Gasteiger partial charge in [-0.05, 0) is 38.4 Å². The maximum atomic E-state index is 13.5. The molecule has 17 heavy (non-hydrogen) atoms. The third kappa shape index (κ3) is 4.65. The molecule has 2 nitrogen and oxygen atoms in total. The van der Waals surface area contributed by atoms with Crippen LogP contribution in [0.3, 0.4) is 0 Å². The minimum atomic E-state index is -0.224. The summed E-state index contributed by atoms with van der Waals surface area (Å²) in [7, 11) is 1.85. The molecular weight excluding hydrogens is 215 g/mol. The van der Waals surface area contributed by atoms with E-state index in [-0.39, 0.29) is 11.9 Å². The van der Waals surface area contributed by atoms with Gasteiger partial charge in [-0.1, -0.05) is 18.9 Å². The Morgan fingerprint density at radius 2 is 2.29 bits per heavy atom. The standard InChI is InChI=1S/C14H21FN2/c1-3-4-5-6-7-10-13(16-2)14-12(15)9-8-11-17-14/h3,8-9,11,13,16H,1,4-7,10H2,2H3. The molecule has 1 rings (SSSR count). The van der Waals surface area contributed by atoms with Gasteiger partial charge in [-0.3, -0.25) is 4.98 Å². The van der Waals surface area contributed by atoms with Crippen molar-refractivity contribution in [2.24, 2.45) is 0 Å². The number of pyridine rings is 1. The highest BCUT2D eigenvalue weighted by molar-refractivity contribution is 5.11. The monoisotopic (exact) mass is 236 g/mol. The van der Waals surface area contributed by atoms with E-state index in [0.717, 1.165) is 32.1 Å². The average molecular weight is 236 g/mol. The van der Waals surface area contributed by atoms with Crippen LogP contribution in [0.4, 0.5) is 4.39 Å². The molecule has 0 aliphatic rings. The van der Waals surface area contributed by atoms with Crippen molar-refractivity contribution in [3.63, 3.8) is 0 Å². The molecule has 0 bridgehead atoms. The van der Waals surface area contributed by atoms with Crippen molar-refractivity contribution in [2.45, 2.75) is 38.1 Å². The first-order chi connectivity index (χ1) is 8.29. The Morgan fingerprint density at radius 1 is 1.47 bits per heavy atom. The van der Waals surface area contributed by atoms with E-state index >= 15 is 0 Å². The fourth-order valence-corrected chi connectivity index (χ4v) is 1.89. The lowest BCUT2D eigenvalue weighted by Crippen LogP contribution is -2.19. The molecule has 0 aromatic carbocycles. The van der Waals surface area contributed by atoms with Gasteiger partial charge in [-0.2, -0.15) is 0 Å². The fraction of sp³-hybridized carbons (Fsp3) is 0.500. The van der Waals surface area contributed by atoms with Crippen LogP contribution in [0.25, 0.3) is 0 Å². The van der Waals surface area contributed by atoms with E-state index in [4.69, 9.17) is 0 Å². The molecule has 0 saturated carbocycles. The van der Waals surface area contributed by atoms with E-state index in [1.54, 1.807) is 12.3 Å². The van der Waals surface area contributed by atoms with Crippen molar-refractivity contribution >= 4 is 0 Å². The van der Waals surface area contributed by atoms with Gasteiger partial charge in [0.2, 0.25) is 0 Å². The molecule has 94 valence electrons. The molecule has 1 heterocycles. The van der Waals surface area contributed by atoms with Crippen LogP contribution in [0.2, 0.25) is 0 Å². The van der Waals surface area contributed by atoms with E-state index in [2.05, 4.69) is 16.9 Å². The predicted molar refractivity (Wildman–Crippen MR) is 69.3 cm³/mol. The van der Waals surface area contributed by atoms with Gasteiger partial charge >= 0.3 is 0 Å². The Kier molecular flexibility index (Phi) is 6.48. The maximum Gasteiger partial charge on any atom is 0.146 e. The molecule has 0 spiro atoms. The summed E-state index contributed by atoms with van der Waals surface area (Å²) in [5.41, 5.74) is 0.527. The summed E-state index contributed by atoms with van der Waals surface area (Å²) in [5, 5.41) is 3.13. The highest BCUT2D eigenvalue weighted by atomic mass is 19.1. The second kappa shape index (κ2) is 7.96. The van der Waals surface area contributed by atoms with Crippen molar-refractivity contribution in [1.29, 1.82) is 0 Å². The van der Waals surface area contributed by atoms with Crippen molar-refractivity contribution in [2.75, 3.05) is 7.05 Å². The first-order valence-corrected chi connectivity index (χ1v) is 6.18. The average Bonchev–Trinajstić information content (AvgIpc) is 2.35. The van der Waals surface area contributed by atoms with Gasteiger partial charge in [-0.15, -0.1) is 6.58 Å². The van der Waals surface area contributed by atoms with Gasteiger partial charge in [0.1, 0.15) is 5.82 Å². The molecule has 0 amide bonds. The minimum absolute atomic E-state index is 0.0138. The third-order valence-electron chi connectivity index (χ3n) is 2.87. The molecule has 1 unspecified atom stereocenters. The van der Waals surface area contributed by atoms with Crippen molar-refractivity contribution < 1.29 is 4.39 Å². The molecule has 1 aromatic heterocycles. The Balaban J connectivity index is 2.43. The summed E-state index contributed by atoms with van der Waals surface area (Å²) in [4.78, 5) is 4.11. The molecule has 1 N–H and O–H groups in total. The SMILES string of the molecule is C=CCCCCCC(NC)c1ncccc1F. The number of unbranched alkanes of at least 4 members (excludes halogenated alkanes) is 3. The number of aromatic nitrogens is 1. The maximum absolute atomic E-state index is 13.5. The summed E-state index contributed by atoms with van der Waals surface area (Å²) in [6.07, 6.45) is 8.94. The summed E-state index contributed by atoms with van der Waals surface area (Å²) in [5.74, 6) is -0.224. The quantitative estimate of drug-likeness (QED) is 0.551. The van der Waals surface area contributed by atoms with Crippen LogP contribution in [0, 0.1) is 5.82 Å². The lowest BCUT2D eigenvalue weighted by molar-refractivity contribution is 0.469. The van der Waals surface area contributed by atoms with Gasteiger partial charge in [0.15, 0.2) is 0 Å². The number of nitrogens with zero attached hydrogens (tertiary/aromatic N) is 1. The Morgan fingerprint density at radius 3 is 2.94 bits per heavy atom. The number of nitrogens with one attached hydrogen (secondary N) is 1.